The number of hydrogen-bond acceptors (Lipinski definition) is 4. The zero-order chi connectivity index (χ0) is 13.3. The molecular formula is C11H12ClNO4S. The first-order chi connectivity index (χ1) is 8.43. The van der Waals surface area contributed by atoms with Crippen LogP contribution in [-0.4, -0.2) is 27.5 Å². The van der Waals surface area contributed by atoms with E-state index in [4.69, 9.17) is 15.4 Å². The molecule has 0 N–H and O–H groups in total. The fourth-order valence-electron chi connectivity index (χ4n) is 1.80. The lowest BCUT2D eigenvalue weighted by atomic mass is 10.2. The molecule has 7 heteroatoms. The molecule has 1 heterocycles. The molecule has 0 radical (unpaired) electrons. The van der Waals surface area contributed by atoms with Gasteiger partial charge in [0.15, 0.2) is 0 Å². The number of benzene rings is 1. The third-order valence-electron chi connectivity index (χ3n) is 2.68. The first-order valence-corrected chi connectivity index (χ1v) is 7.76. The molecule has 0 unspecified atom stereocenters. The molecule has 98 valence electrons. The first-order valence-electron chi connectivity index (χ1n) is 5.45. The van der Waals surface area contributed by atoms with E-state index < -0.39 is 9.05 Å². The Morgan fingerprint density at radius 1 is 1.50 bits per heavy atom. The van der Waals surface area contributed by atoms with Gasteiger partial charge in [0, 0.05) is 17.1 Å². The first kappa shape index (κ1) is 13.2. The van der Waals surface area contributed by atoms with E-state index in [1.807, 2.05) is 0 Å². The number of amides is 1. The Labute approximate surface area is 110 Å². The number of fused-ring (bicyclic) bond motifs is 1. The quantitative estimate of drug-likeness (QED) is 0.778. The molecule has 0 bridgehead atoms. The molecule has 2 rings (SSSR count). The van der Waals surface area contributed by atoms with Crippen LogP contribution in [0.1, 0.15) is 13.3 Å². The third-order valence-corrected chi connectivity index (χ3v) is 4.03. The highest BCUT2D eigenvalue weighted by atomic mass is 35.7. The lowest BCUT2D eigenvalue weighted by Gasteiger charge is -2.29. The third kappa shape index (κ3) is 2.44. The van der Waals surface area contributed by atoms with Crippen LogP contribution in [0, 0.1) is 0 Å². The van der Waals surface area contributed by atoms with Crippen molar-refractivity contribution in [2.24, 2.45) is 0 Å². The predicted octanol–water partition coefficient (Wildman–Crippen LogP) is 1.75. The van der Waals surface area contributed by atoms with E-state index in [1.54, 1.807) is 6.92 Å². The number of hydrogen-bond donors (Lipinski definition) is 0. The maximum atomic E-state index is 11.8. The van der Waals surface area contributed by atoms with Gasteiger partial charge >= 0.3 is 0 Å². The van der Waals surface area contributed by atoms with Gasteiger partial charge in [0.25, 0.3) is 9.05 Å². The summed E-state index contributed by atoms with van der Waals surface area (Å²) in [6.07, 6.45) is 0.345. The summed E-state index contributed by atoms with van der Waals surface area (Å²) >= 11 is 0. The topological polar surface area (TPSA) is 63.7 Å². The molecule has 0 aromatic heterocycles. The normalized spacial score (nSPS) is 14.9. The fourth-order valence-corrected chi connectivity index (χ4v) is 2.57. The van der Waals surface area contributed by atoms with Gasteiger partial charge in [0.2, 0.25) is 5.91 Å². The summed E-state index contributed by atoms with van der Waals surface area (Å²) in [4.78, 5) is 13.3. The molecule has 0 fully saturated rings. The van der Waals surface area contributed by atoms with Gasteiger partial charge in [0.05, 0.1) is 17.1 Å². The molecule has 1 amide bonds. The molecule has 0 atom stereocenters. The van der Waals surface area contributed by atoms with Crippen molar-refractivity contribution < 1.29 is 17.9 Å². The number of ether oxygens (including phenoxy) is 1. The van der Waals surface area contributed by atoms with Crippen LogP contribution in [0.3, 0.4) is 0 Å². The fraction of sp³-hybridized carbons (Fsp3) is 0.364. The molecule has 18 heavy (non-hydrogen) atoms. The number of carbonyl (C=O) groups excluding carboxylic acids is 1. The van der Waals surface area contributed by atoms with Gasteiger partial charge in [-0.05, 0) is 18.2 Å². The van der Waals surface area contributed by atoms with Crippen LogP contribution >= 0.6 is 10.7 Å². The van der Waals surface area contributed by atoms with Crippen molar-refractivity contribution in [1.82, 2.24) is 0 Å². The van der Waals surface area contributed by atoms with Gasteiger partial charge in [-0.3, -0.25) is 4.79 Å². The van der Waals surface area contributed by atoms with Crippen molar-refractivity contribution in [2.45, 2.75) is 18.2 Å². The second-order valence-electron chi connectivity index (χ2n) is 3.81. The molecule has 1 aromatic carbocycles. The lowest BCUT2D eigenvalue weighted by molar-refractivity contribution is -0.118. The van der Waals surface area contributed by atoms with Crippen molar-refractivity contribution in [1.29, 1.82) is 0 Å². The summed E-state index contributed by atoms with van der Waals surface area (Å²) in [7, 11) is 1.48. The lowest BCUT2D eigenvalue weighted by Crippen LogP contribution is -2.37. The monoisotopic (exact) mass is 289 g/mol. The number of halogens is 1. The van der Waals surface area contributed by atoms with Gasteiger partial charge in [0.1, 0.15) is 12.4 Å². The van der Waals surface area contributed by atoms with Gasteiger partial charge in [-0.2, -0.15) is 0 Å². The zero-order valence-corrected chi connectivity index (χ0v) is 11.3. The highest BCUT2D eigenvalue weighted by molar-refractivity contribution is 8.13. The molecule has 0 saturated heterocycles. The maximum Gasteiger partial charge on any atom is 0.261 e. The Balaban J connectivity index is 2.51. The van der Waals surface area contributed by atoms with Crippen LogP contribution in [-0.2, 0) is 13.8 Å². The highest BCUT2D eigenvalue weighted by Crippen LogP contribution is 2.34. The van der Waals surface area contributed by atoms with Crippen molar-refractivity contribution in [3.8, 4) is 5.75 Å². The summed E-state index contributed by atoms with van der Waals surface area (Å²) in [6.45, 7) is 2.55. The van der Waals surface area contributed by atoms with E-state index in [1.165, 1.54) is 23.1 Å². The van der Waals surface area contributed by atoms with Crippen LogP contribution in [0.5, 0.6) is 5.75 Å². The van der Waals surface area contributed by atoms with Gasteiger partial charge in [-0.1, -0.05) is 6.92 Å². The Morgan fingerprint density at radius 2 is 2.22 bits per heavy atom. The van der Waals surface area contributed by atoms with Crippen LogP contribution in [0.4, 0.5) is 5.69 Å². The average Bonchev–Trinajstić information content (AvgIpc) is 2.35. The molecule has 1 aliphatic heterocycles. The smallest absolute Gasteiger partial charge is 0.261 e. The van der Waals surface area contributed by atoms with E-state index >= 15 is 0 Å². The maximum absolute atomic E-state index is 11.8. The summed E-state index contributed by atoms with van der Waals surface area (Å²) in [5, 5.41) is 0. The van der Waals surface area contributed by atoms with E-state index in [0.717, 1.165) is 0 Å². The molecule has 5 nitrogen and oxygen atoms in total. The molecule has 0 spiro atoms. The molecule has 1 aromatic rings. The largest absolute Gasteiger partial charge is 0.490 e. The molecule has 0 aliphatic carbocycles. The highest BCUT2D eigenvalue weighted by Gasteiger charge is 2.24. The van der Waals surface area contributed by atoms with Gasteiger partial charge < -0.3 is 9.64 Å². The SMILES string of the molecule is CCC(=O)N1CCOc2ccc(S(=O)(=O)Cl)cc21. The Hall–Kier alpha value is -1.27. The number of carbonyl (C=O) groups is 1. The van der Waals surface area contributed by atoms with Gasteiger partial charge in [-0.15, -0.1) is 0 Å². The van der Waals surface area contributed by atoms with E-state index in [0.29, 0.717) is 31.0 Å². The van der Waals surface area contributed by atoms with E-state index in [9.17, 15) is 13.2 Å². The van der Waals surface area contributed by atoms with E-state index in [-0.39, 0.29) is 10.8 Å². The van der Waals surface area contributed by atoms with Crippen LogP contribution < -0.4 is 9.64 Å². The van der Waals surface area contributed by atoms with Crippen molar-refractivity contribution in [2.75, 3.05) is 18.1 Å². The van der Waals surface area contributed by atoms with Crippen LogP contribution in [0.15, 0.2) is 23.1 Å². The summed E-state index contributed by atoms with van der Waals surface area (Å²) in [5.74, 6) is 0.413. The van der Waals surface area contributed by atoms with Crippen LogP contribution in [0.2, 0.25) is 0 Å². The minimum absolute atomic E-state index is 0.0395. The predicted molar refractivity (Wildman–Crippen MR) is 67.6 cm³/mol. The number of rotatable bonds is 2. The number of anilines is 1. The zero-order valence-electron chi connectivity index (χ0n) is 9.72. The average molecular weight is 290 g/mol. The summed E-state index contributed by atoms with van der Waals surface area (Å²) in [5.41, 5.74) is 0.454. The number of nitrogens with zero attached hydrogens (tertiary/aromatic N) is 1. The van der Waals surface area contributed by atoms with Gasteiger partial charge in [-0.25, -0.2) is 8.42 Å². The second kappa shape index (κ2) is 4.78. The molecule has 0 saturated carbocycles. The summed E-state index contributed by atoms with van der Waals surface area (Å²) in [6, 6.07) is 4.24. The standard InChI is InChI=1S/C11H12ClNO4S/c1-2-11(14)13-5-6-17-10-4-3-8(7-9(10)13)18(12,15)16/h3-4,7H,2,5-6H2,1H3. The van der Waals surface area contributed by atoms with E-state index in [2.05, 4.69) is 0 Å². The second-order valence-corrected chi connectivity index (χ2v) is 6.38. The molecular weight excluding hydrogens is 278 g/mol. The van der Waals surface area contributed by atoms with Crippen molar-refractivity contribution in [3.63, 3.8) is 0 Å². The van der Waals surface area contributed by atoms with Crippen LogP contribution in [0.25, 0.3) is 0 Å². The summed E-state index contributed by atoms with van der Waals surface area (Å²) < 4.78 is 28.0. The Morgan fingerprint density at radius 3 is 2.83 bits per heavy atom. The Bertz CT molecular complexity index is 585. The molecule has 1 aliphatic rings. The van der Waals surface area contributed by atoms with Crippen molar-refractivity contribution >= 4 is 31.3 Å². The van der Waals surface area contributed by atoms with Crippen molar-refractivity contribution in [3.05, 3.63) is 18.2 Å². The Kier molecular flexibility index (Phi) is 3.49. The minimum atomic E-state index is -3.81. The minimum Gasteiger partial charge on any atom is -0.490 e.